The van der Waals surface area contributed by atoms with Crippen LogP contribution in [0.25, 0.3) is 0 Å². The van der Waals surface area contributed by atoms with E-state index in [2.05, 4.69) is 38.2 Å². The third-order valence-corrected chi connectivity index (χ3v) is 4.74. The molecular weight excluding hydrogens is 266 g/mol. The Morgan fingerprint density at radius 1 is 1.30 bits per heavy atom. The van der Waals surface area contributed by atoms with Crippen molar-refractivity contribution in [3.05, 3.63) is 34.9 Å². The minimum absolute atomic E-state index is 0.469. The number of nitrogens with one attached hydrogen (secondary N) is 1. The summed E-state index contributed by atoms with van der Waals surface area (Å²) in [6, 6.07) is 9.48. The second kappa shape index (κ2) is 6.95. The number of hydrogen-bond acceptors (Lipinski definition) is 1. The minimum Gasteiger partial charge on any atom is -0.307 e. The van der Waals surface area contributed by atoms with Gasteiger partial charge in [-0.25, -0.2) is 0 Å². The molecule has 1 N–H and O–H groups in total. The van der Waals surface area contributed by atoms with Crippen LogP contribution in [0.2, 0.25) is 5.02 Å². The van der Waals surface area contributed by atoms with Gasteiger partial charge in [0.2, 0.25) is 0 Å². The van der Waals surface area contributed by atoms with E-state index < -0.39 is 0 Å². The van der Waals surface area contributed by atoms with Gasteiger partial charge in [-0.15, -0.1) is 0 Å². The molecular formula is C18H28ClN. The van der Waals surface area contributed by atoms with Crippen molar-refractivity contribution in [3.8, 4) is 0 Å². The van der Waals surface area contributed by atoms with Gasteiger partial charge in [0.15, 0.2) is 0 Å². The Morgan fingerprint density at radius 3 is 2.60 bits per heavy atom. The highest BCUT2D eigenvalue weighted by Crippen LogP contribution is 2.36. The second-order valence-corrected chi connectivity index (χ2v) is 7.45. The van der Waals surface area contributed by atoms with E-state index in [1.807, 2.05) is 12.1 Å². The third-order valence-electron chi connectivity index (χ3n) is 4.49. The third kappa shape index (κ3) is 4.49. The Kier molecular flexibility index (Phi) is 5.51. The Labute approximate surface area is 129 Å². The van der Waals surface area contributed by atoms with Crippen LogP contribution < -0.4 is 5.32 Å². The van der Waals surface area contributed by atoms with Gasteiger partial charge in [-0.2, -0.15) is 0 Å². The van der Waals surface area contributed by atoms with Gasteiger partial charge in [-0.05, 0) is 48.8 Å². The van der Waals surface area contributed by atoms with Crippen LogP contribution in [0, 0.1) is 5.41 Å². The maximum absolute atomic E-state index is 6.00. The fourth-order valence-corrected chi connectivity index (χ4v) is 3.58. The van der Waals surface area contributed by atoms with Gasteiger partial charge >= 0.3 is 0 Å². The van der Waals surface area contributed by atoms with Crippen LogP contribution >= 0.6 is 11.6 Å². The molecule has 0 bridgehead atoms. The lowest BCUT2D eigenvalue weighted by Gasteiger charge is -2.37. The van der Waals surface area contributed by atoms with Gasteiger partial charge in [0, 0.05) is 17.1 Å². The molecule has 1 nitrogen and oxygen atoms in total. The van der Waals surface area contributed by atoms with Crippen molar-refractivity contribution >= 4 is 11.6 Å². The number of rotatable bonds is 5. The van der Waals surface area contributed by atoms with E-state index in [-0.39, 0.29) is 0 Å². The van der Waals surface area contributed by atoms with Crippen LogP contribution in [-0.2, 0) is 0 Å². The van der Waals surface area contributed by atoms with Crippen molar-refractivity contribution in [2.45, 2.75) is 71.4 Å². The lowest BCUT2D eigenvalue weighted by molar-refractivity contribution is 0.187. The molecule has 1 saturated carbocycles. The fourth-order valence-electron chi connectivity index (χ4n) is 3.45. The lowest BCUT2D eigenvalue weighted by atomic mass is 9.75. The zero-order valence-electron chi connectivity index (χ0n) is 13.1. The zero-order valence-corrected chi connectivity index (χ0v) is 13.8. The Hall–Kier alpha value is -0.530. The topological polar surface area (TPSA) is 12.0 Å². The monoisotopic (exact) mass is 293 g/mol. The molecule has 1 aromatic rings. The first kappa shape index (κ1) is 15.9. The van der Waals surface area contributed by atoms with Gasteiger partial charge in [-0.1, -0.05) is 57.3 Å². The molecule has 1 fully saturated rings. The summed E-state index contributed by atoms with van der Waals surface area (Å²) in [5.74, 6) is 0. The molecule has 1 aliphatic rings. The number of hydrogen-bond donors (Lipinski definition) is 1. The SMILES string of the molecule is CCCC(NC1CCCC(C)(C)C1)c1ccc(Cl)cc1. The van der Waals surface area contributed by atoms with E-state index in [1.54, 1.807) is 0 Å². The largest absolute Gasteiger partial charge is 0.307 e. The Bertz CT molecular complexity index is 410. The number of benzene rings is 1. The quantitative estimate of drug-likeness (QED) is 0.730. The fraction of sp³-hybridized carbons (Fsp3) is 0.667. The Morgan fingerprint density at radius 2 is 2.00 bits per heavy atom. The predicted octanol–water partition coefficient (Wildman–Crippen LogP) is 5.74. The molecule has 2 rings (SSSR count). The molecule has 0 amide bonds. The van der Waals surface area contributed by atoms with Gasteiger partial charge < -0.3 is 5.32 Å². The van der Waals surface area contributed by atoms with E-state index in [4.69, 9.17) is 11.6 Å². The van der Waals surface area contributed by atoms with E-state index in [1.165, 1.54) is 44.1 Å². The van der Waals surface area contributed by atoms with Crippen LogP contribution in [-0.4, -0.2) is 6.04 Å². The van der Waals surface area contributed by atoms with E-state index in [0.717, 1.165) is 5.02 Å². The van der Waals surface area contributed by atoms with Gasteiger partial charge in [-0.3, -0.25) is 0 Å². The molecule has 1 aromatic carbocycles. The molecule has 0 radical (unpaired) electrons. The van der Waals surface area contributed by atoms with Crippen molar-refractivity contribution in [2.24, 2.45) is 5.41 Å². The van der Waals surface area contributed by atoms with Crippen molar-refractivity contribution in [2.75, 3.05) is 0 Å². The highest BCUT2D eigenvalue weighted by atomic mass is 35.5. The first-order valence-corrected chi connectivity index (χ1v) is 8.39. The average Bonchev–Trinajstić information content (AvgIpc) is 2.38. The molecule has 0 heterocycles. The molecule has 1 aliphatic carbocycles. The molecule has 0 spiro atoms. The summed E-state index contributed by atoms with van der Waals surface area (Å²) in [6.07, 6.45) is 7.72. The first-order valence-electron chi connectivity index (χ1n) is 8.02. The van der Waals surface area contributed by atoms with Gasteiger partial charge in [0.1, 0.15) is 0 Å². The van der Waals surface area contributed by atoms with E-state index >= 15 is 0 Å². The molecule has 0 saturated heterocycles. The zero-order chi connectivity index (χ0) is 14.6. The predicted molar refractivity (Wildman–Crippen MR) is 88.3 cm³/mol. The first-order chi connectivity index (χ1) is 9.50. The van der Waals surface area contributed by atoms with Gasteiger partial charge in [0.05, 0.1) is 0 Å². The van der Waals surface area contributed by atoms with E-state index in [9.17, 15) is 0 Å². The molecule has 2 atom stereocenters. The average molecular weight is 294 g/mol. The van der Waals surface area contributed by atoms with Crippen LogP contribution in [0.3, 0.4) is 0 Å². The summed E-state index contributed by atoms with van der Waals surface area (Å²) >= 11 is 6.00. The van der Waals surface area contributed by atoms with Crippen molar-refractivity contribution in [3.63, 3.8) is 0 Å². The molecule has 2 unspecified atom stereocenters. The standard InChI is InChI=1S/C18H28ClN/c1-4-6-17(14-8-10-15(19)11-9-14)20-16-7-5-12-18(2,3)13-16/h8-11,16-17,20H,4-7,12-13H2,1-3H3. The molecule has 2 heteroatoms. The van der Waals surface area contributed by atoms with E-state index in [0.29, 0.717) is 17.5 Å². The maximum atomic E-state index is 6.00. The smallest absolute Gasteiger partial charge is 0.0406 e. The number of halogens is 1. The summed E-state index contributed by atoms with van der Waals surface area (Å²) in [5.41, 5.74) is 1.87. The summed E-state index contributed by atoms with van der Waals surface area (Å²) < 4.78 is 0. The normalized spacial score (nSPS) is 23.5. The Balaban J connectivity index is 2.03. The van der Waals surface area contributed by atoms with Crippen LogP contribution in [0.1, 0.15) is 70.9 Å². The maximum Gasteiger partial charge on any atom is 0.0406 e. The van der Waals surface area contributed by atoms with Crippen molar-refractivity contribution in [1.82, 2.24) is 5.32 Å². The van der Waals surface area contributed by atoms with Crippen molar-refractivity contribution in [1.29, 1.82) is 0 Å². The second-order valence-electron chi connectivity index (χ2n) is 7.02. The highest BCUT2D eigenvalue weighted by Gasteiger charge is 2.29. The molecule has 20 heavy (non-hydrogen) atoms. The molecule has 0 aromatic heterocycles. The summed E-state index contributed by atoms with van der Waals surface area (Å²) in [7, 11) is 0. The van der Waals surface area contributed by atoms with Crippen LogP contribution in [0.15, 0.2) is 24.3 Å². The minimum atomic E-state index is 0.469. The van der Waals surface area contributed by atoms with Crippen LogP contribution in [0.4, 0.5) is 0 Å². The summed E-state index contributed by atoms with van der Waals surface area (Å²) in [6.45, 7) is 7.06. The highest BCUT2D eigenvalue weighted by molar-refractivity contribution is 6.30. The molecule has 112 valence electrons. The van der Waals surface area contributed by atoms with Crippen molar-refractivity contribution < 1.29 is 0 Å². The van der Waals surface area contributed by atoms with Crippen LogP contribution in [0.5, 0.6) is 0 Å². The lowest BCUT2D eigenvalue weighted by Crippen LogP contribution is -2.39. The van der Waals surface area contributed by atoms with Gasteiger partial charge in [0.25, 0.3) is 0 Å². The summed E-state index contributed by atoms with van der Waals surface area (Å²) in [5, 5.41) is 4.73. The summed E-state index contributed by atoms with van der Waals surface area (Å²) in [4.78, 5) is 0. The molecule has 0 aliphatic heterocycles.